The maximum atomic E-state index is 12.7. The van der Waals surface area contributed by atoms with Crippen molar-refractivity contribution in [2.45, 2.75) is 11.8 Å². The monoisotopic (exact) mass is 1010 g/mol. The fourth-order valence-electron chi connectivity index (χ4n) is 11.2. The molecule has 0 radical (unpaired) electrons. The van der Waals surface area contributed by atoms with Gasteiger partial charge in [-0.05, 0) is 115 Å². The summed E-state index contributed by atoms with van der Waals surface area (Å²) in [6, 6.07) is 97.0. The van der Waals surface area contributed by atoms with E-state index in [0.29, 0.717) is 44.5 Å². The number of aromatic hydroxyl groups is 4. The molecule has 0 unspecified atom stereocenters. The topological polar surface area (TPSA) is 80.9 Å². The van der Waals surface area contributed by atoms with Crippen LogP contribution in [0.25, 0.3) is 89.0 Å². The summed E-state index contributed by atoms with van der Waals surface area (Å²) in [4.78, 5) is 0. The first kappa shape index (κ1) is 48.8. The maximum Gasteiger partial charge on any atom is 0.131 e. The minimum atomic E-state index is -0.616. The minimum absolute atomic E-state index is 0.150. The molecule has 0 aliphatic heterocycles. The molecule has 0 heterocycles. The third-order valence-corrected chi connectivity index (χ3v) is 15.0. The van der Waals surface area contributed by atoms with Gasteiger partial charge in [-0.3, -0.25) is 0 Å². The Balaban J connectivity index is 1.28. The predicted molar refractivity (Wildman–Crippen MR) is 320 cm³/mol. The zero-order chi connectivity index (χ0) is 53.0. The van der Waals surface area contributed by atoms with Gasteiger partial charge >= 0.3 is 0 Å². The summed E-state index contributed by atoms with van der Waals surface area (Å²) in [5.41, 5.74) is 15.5. The summed E-state index contributed by atoms with van der Waals surface area (Å²) in [7, 11) is 0. The fourth-order valence-corrected chi connectivity index (χ4v) is 11.2. The molecule has 0 saturated carbocycles. The third-order valence-electron chi connectivity index (χ3n) is 15.0. The molecule has 12 aromatic rings. The van der Waals surface area contributed by atoms with Crippen molar-refractivity contribution in [3.05, 3.63) is 313 Å². The van der Waals surface area contributed by atoms with Crippen molar-refractivity contribution in [1.82, 2.24) is 0 Å². The normalized spacial score (nSPS) is 11.3. The average molecular weight is 1010 g/mol. The molecule has 0 spiro atoms. The van der Waals surface area contributed by atoms with Crippen molar-refractivity contribution in [1.29, 1.82) is 0 Å². The van der Waals surface area contributed by atoms with Gasteiger partial charge in [-0.1, -0.05) is 243 Å². The lowest BCUT2D eigenvalue weighted by molar-refractivity contribution is 0.477. The number of phenols is 4. The van der Waals surface area contributed by atoms with Crippen LogP contribution >= 0.6 is 0 Å². The Morgan fingerprint density at radius 1 is 0.167 bits per heavy atom. The highest BCUT2D eigenvalue weighted by molar-refractivity contribution is 5.89. The van der Waals surface area contributed by atoms with Gasteiger partial charge in [0.25, 0.3) is 0 Å². The predicted octanol–water partition coefficient (Wildman–Crippen LogP) is 18.8. The highest BCUT2D eigenvalue weighted by Crippen LogP contribution is 2.54. The van der Waals surface area contributed by atoms with E-state index >= 15 is 0 Å². The molecule has 12 rings (SSSR count). The number of phenolic OH excluding ortho intramolecular Hbond substituents is 4. The zero-order valence-electron chi connectivity index (χ0n) is 42.7. The molecular weight excluding hydrogens is 953 g/mol. The lowest BCUT2D eigenvalue weighted by Crippen LogP contribution is -2.16. The molecule has 4 N–H and O–H groups in total. The van der Waals surface area contributed by atoms with Gasteiger partial charge < -0.3 is 20.4 Å². The summed E-state index contributed by atoms with van der Waals surface area (Å²) >= 11 is 0. The Morgan fingerprint density at radius 2 is 0.282 bits per heavy atom. The summed E-state index contributed by atoms with van der Waals surface area (Å²) in [5, 5.41) is 50.8. The van der Waals surface area contributed by atoms with Crippen LogP contribution in [0, 0.1) is 0 Å². The van der Waals surface area contributed by atoms with Crippen LogP contribution in [0.1, 0.15) is 34.1 Å². The summed E-state index contributed by atoms with van der Waals surface area (Å²) in [6.07, 6.45) is 0. The van der Waals surface area contributed by atoms with E-state index < -0.39 is 11.8 Å². The SMILES string of the molecule is Oc1c(-c2ccccc2)cc(C(c2cc(-c3ccccc3)c(O)c(-c3ccccc3)c2)C(c2cc(-c3ccccc3)c(O)c(-c3ccccc3)c2)c2cc(-c3ccccc3)c(O)c(-c3ccccc3)c2)cc1-c1ccccc1. The van der Waals surface area contributed by atoms with Gasteiger partial charge in [-0.15, -0.1) is 0 Å². The molecule has 4 heteroatoms. The van der Waals surface area contributed by atoms with Crippen LogP contribution in [0.4, 0.5) is 0 Å². The standard InChI is InChI=1S/C74H54O4/c75-71-61(49-25-9-1-10-26-49)41-57(42-62(71)50-27-11-2-12-28-50)69(58-43-63(51-29-13-3-14-30-51)72(76)64(44-58)52-31-15-4-16-32-52)70(59-45-65(53-33-17-5-18-34-53)73(77)66(46-59)54-35-19-6-20-36-54)60-47-67(55-37-21-7-22-38-55)74(78)68(48-60)56-39-23-8-24-40-56/h1-48,69-70,75-78H. The van der Waals surface area contributed by atoms with Gasteiger partial charge in [0.2, 0.25) is 0 Å². The van der Waals surface area contributed by atoms with Gasteiger partial charge in [-0.25, -0.2) is 0 Å². The van der Waals surface area contributed by atoms with E-state index in [1.807, 2.05) is 243 Å². The van der Waals surface area contributed by atoms with E-state index in [-0.39, 0.29) is 23.0 Å². The fraction of sp³-hybridized carbons (Fsp3) is 0.0270. The molecule has 4 nitrogen and oxygen atoms in total. The Morgan fingerprint density at radius 3 is 0.397 bits per heavy atom. The van der Waals surface area contributed by atoms with E-state index in [4.69, 9.17) is 0 Å². The second kappa shape index (κ2) is 21.6. The van der Waals surface area contributed by atoms with Crippen molar-refractivity contribution in [2.75, 3.05) is 0 Å². The summed E-state index contributed by atoms with van der Waals surface area (Å²) in [5.74, 6) is -0.633. The molecule has 0 bridgehead atoms. The van der Waals surface area contributed by atoms with Crippen LogP contribution in [-0.4, -0.2) is 20.4 Å². The summed E-state index contributed by atoms with van der Waals surface area (Å²) < 4.78 is 0. The first-order chi connectivity index (χ1) is 38.4. The molecule has 0 aliphatic carbocycles. The second-order valence-corrected chi connectivity index (χ2v) is 19.7. The van der Waals surface area contributed by atoms with Crippen molar-refractivity contribution in [3.63, 3.8) is 0 Å². The molecule has 0 atom stereocenters. The van der Waals surface area contributed by atoms with Crippen LogP contribution in [0.3, 0.4) is 0 Å². The smallest absolute Gasteiger partial charge is 0.131 e. The quantitative estimate of drug-likeness (QED) is 0.0928. The molecule has 0 aromatic heterocycles. The van der Waals surface area contributed by atoms with E-state index in [1.165, 1.54) is 0 Å². The Hall–Kier alpha value is -10.2. The Labute approximate surface area is 455 Å². The minimum Gasteiger partial charge on any atom is -0.507 e. The molecule has 0 fully saturated rings. The van der Waals surface area contributed by atoms with E-state index in [2.05, 4.69) is 48.5 Å². The van der Waals surface area contributed by atoms with Gasteiger partial charge in [0.1, 0.15) is 23.0 Å². The number of hydrogen-bond donors (Lipinski definition) is 4. The Bertz CT molecular complexity index is 3240. The van der Waals surface area contributed by atoms with Gasteiger partial charge in [0, 0.05) is 56.3 Å². The van der Waals surface area contributed by atoms with Crippen LogP contribution in [0.5, 0.6) is 23.0 Å². The molecule has 78 heavy (non-hydrogen) atoms. The van der Waals surface area contributed by atoms with Crippen molar-refractivity contribution < 1.29 is 20.4 Å². The molecular formula is C74H54O4. The van der Waals surface area contributed by atoms with E-state index in [0.717, 1.165) is 66.8 Å². The van der Waals surface area contributed by atoms with Crippen molar-refractivity contribution in [3.8, 4) is 112 Å². The van der Waals surface area contributed by atoms with Gasteiger partial charge in [0.15, 0.2) is 0 Å². The molecule has 374 valence electrons. The zero-order valence-corrected chi connectivity index (χ0v) is 42.7. The van der Waals surface area contributed by atoms with Crippen molar-refractivity contribution >= 4 is 0 Å². The van der Waals surface area contributed by atoms with Gasteiger partial charge in [0.05, 0.1) is 0 Å². The number of benzene rings is 12. The summed E-state index contributed by atoms with van der Waals surface area (Å²) in [6.45, 7) is 0. The molecule has 12 aromatic carbocycles. The molecule has 0 saturated heterocycles. The van der Waals surface area contributed by atoms with Crippen molar-refractivity contribution in [2.24, 2.45) is 0 Å². The lowest BCUT2D eigenvalue weighted by atomic mass is 9.70. The highest BCUT2D eigenvalue weighted by Gasteiger charge is 2.34. The van der Waals surface area contributed by atoms with Crippen LogP contribution in [0.15, 0.2) is 291 Å². The van der Waals surface area contributed by atoms with Gasteiger partial charge in [-0.2, -0.15) is 0 Å². The first-order valence-corrected chi connectivity index (χ1v) is 26.3. The lowest BCUT2D eigenvalue weighted by Gasteiger charge is -2.33. The molecule has 0 aliphatic rings. The highest BCUT2D eigenvalue weighted by atomic mass is 16.3. The number of rotatable bonds is 13. The van der Waals surface area contributed by atoms with E-state index in [1.54, 1.807) is 0 Å². The second-order valence-electron chi connectivity index (χ2n) is 19.7. The Kier molecular flexibility index (Phi) is 13.5. The third kappa shape index (κ3) is 9.60. The average Bonchev–Trinajstić information content (AvgIpc) is 3.51. The molecule has 0 amide bonds. The number of hydrogen-bond acceptors (Lipinski definition) is 4. The largest absolute Gasteiger partial charge is 0.507 e. The van der Waals surface area contributed by atoms with Crippen LogP contribution in [-0.2, 0) is 0 Å². The maximum absolute atomic E-state index is 12.7. The van der Waals surface area contributed by atoms with E-state index in [9.17, 15) is 20.4 Å². The van der Waals surface area contributed by atoms with Crippen LogP contribution in [0.2, 0.25) is 0 Å². The first-order valence-electron chi connectivity index (χ1n) is 26.3. The van der Waals surface area contributed by atoms with Crippen LogP contribution < -0.4 is 0 Å².